The van der Waals surface area contributed by atoms with Gasteiger partial charge in [-0.1, -0.05) is 25.5 Å². The van der Waals surface area contributed by atoms with E-state index in [1.807, 2.05) is 0 Å². The standard InChI is InChI=1S/C13H26N/c1-10(2)8-11-12(13(11,3)4)9-14(5,6)7/h8,11-12H,9H2,1-7H3/q+1/t11-,12-/m1/s1. The summed E-state index contributed by atoms with van der Waals surface area (Å²) in [5.74, 6) is 1.68. The van der Waals surface area contributed by atoms with E-state index in [0.29, 0.717) is 5.41 Å². The molecule has 0 aromatic heterocycles. The molecule has 0 unspecified atom stereocenters. The maximum atomic E-state index is 2.46. The Hall–Kier alpha value is -0.300. The molecule has 1 rings (SSSR count). The van der Waals surface area contributed by atoms with Gasteiger partial charge in [0, 0.05) is 5.92 Å². The van der Waals surface area contributed by atoms with Crippen molar-refractivity contribution >= 4 is 0 Å². The molecule has 1 aliphatic rings. The van der Waals surface area contributed by atoms with Gasteiger partial charge in [-0.15, -0.1) is 0 Å². The summed E-state index contributed by atoms with van der Waals surface area (Å²) in [6, 6.07) is 0. The van der Waals surface area contributed by atoms with Crippen LogP contribution in [0.2, 0.25) is 0 Å². The van der Waals surface area contributed by atoms with Gasteiger partial charge < -0.3 is 4.48 Å². The molecule has 0 heterocycles. The van der Waals surface area contributed by atoms with Gasteiger partial charge in [-0.2, -0.15) is 0 Å². The molecule has 0 bridgehead atoms. The van der Waals surface area contributed by atoms with Crippen molar-refractivity contribution in [1.29, 1.82) is 0 Å². The van der Waals surface area contributed by atoms with Crippen molar-refractivity contribution in [3.05, 3.63) is 11.6 Å². The van der Waals surface area contributed by atoms with Crippen molar-refractivity contribution in [2.24, 2.45) is 17.3 Å². The molecule has 0 saturated heterocycles. The first-order valence-corrected chi connectivity index (χ1v) is 5.60. The lowest BCUT2D eigenvalue weighted by atomic mass is 10.1. The topological polar surface area (TPSA) is 0 Å². The van der Waals surface area contributed by atoms with Gasteiger partial charge in [0.2, 0.25) is 0 Å². The number of rotatable bonds is 3. The van der Waals surface area contributed by atoms with Crippen molar-refractivity contribution < 1.29 is 4.48 Å². The van der Waals surface area contributed by atoms with Gasteiger partial charge in [0.1, 0.15) is 0 Å². The predicted molar refractivity (Wildman–Crippen MR) is 63.1 cm³/mol. The molecule has 0 spiro atoms. The van der Waals surface area contributed by atoms with Crippen LogP contribution >= 0.6 is 0 Å². The molecule has 1 saturated carbocycles. The van der Waals surface area contributed by atoms with Gasteiger partial charge in [-0.25, -0.2) is 0 Å². The molecular weight excluding hydrogens is 170 g/mol. The third kappa shape index (κ3) is 2.60. The van der Waals surface area contributed by atoms with Crippen molar-refractivity contribution in [3.8, 4) is 0 Å². The van der Waals surface area contributed by atoms with E-state index < -0.39 is 0 Å². The first kappa shape index (κ1) is 11.8. The summed E-state index contributed by atoms with van der Waals surface area (Å²) in [5, 5.41) is 0. The lowest BCUT2D eigenvalue weighted by molar-refractivity contribution is -0.872. The maximum Gasteiger partial charge on any atom is 0.0820 e. The van der Waals surface area contributed by atoms with E-state index in [1.165, 1.54) is 12.1 Å². The predicted octanol–water partition coefficient (Wildman–Crippen LogP) is 2.93. The molecule has 1 nitrogen and oxygen atoms in total. The van der Waals surface area contributed by atoms with Crippen molar-refractivity contribution in [2.45, 2.75) is 27.7 Å². The van der Waals surface area contributed by atoms with E-state index in [1.54, 1.807) is 0 Å². The summed E-state index contributed by atoms with van der Waals surface area (Å²) in [6.45, 7) is 10.5. The summed E-state index contributed by atoms with van der Waals surface area (Å²) in [4.78, 5) is 0. The van der Waals surface area contributed by atoms with E-state index in [0.717, 1.165) is 16.3 Å². The fraction of sp³-hybridized carbons (Fsp3) is 0.846. The molecule has 0 aromatic carbocycles. The minimum absolute atomic E-state index is 0.531. The largest absolute Gasteiger partial charge is 0.331 e. The molecule has 1 heteroatoms. The second-order valence-corrected chi connectivity index (χ2v) is 6.67. The lowest BCUT2D eigenvalue weighted by Gasteiger charge is -2.24. The van der Waals surface area contributed by atoms with Gasteiger partial charge in [-0.3, -0.25) is 0 Å². The number of quaternary nitrogens is 1. The van der Waals surface area contributed by atoms with Gasteiger partial charge in [0.05, 0.1) is 27.7 Å². The van der Waals surface area contributed by atoms with Crippen LogP contribution in [0.1, 0.15) is 27.7 Å². The van der Waals surface area contributed by atoms with Crippen molar-refractivity contribution in [3.63, 3.8) is 0 Å². The van der Waals surface area contributed by atoms with Crippen LogP contribution in [0.15, 0.2) is 11.6 Å². The van der Waals surface area contributed by atoms with Crippen LogP contribution < -0.4 is 0 Å². The number of hydrogen-bond donors (Lipinski definition) is 0. The van der Waals surface area contributed by atoms with Gasteiger partial charge in [-0.05, 0) is 25.2 Å². The first-order valence-electron chi connectivity index (χ1n) is 5.60. The smallest absolute Gasteiger partial charge is 0.0820 e. The second kappa shape index (κ2) is 3.37. The third-order valence-electron chi connectivity index (χ3n) is 3.40. The average molecular weight is 196 g/mol. The number of nitrogens with zero attached hydrogens (tertiary/aromatic N) is 1. The highest BCUT2D eigenvalue weighted by atomic mass is 15.3. The number of hydrogen-bond acceptors (Lipinski definition) is 0. The van der Waals surface area contributed by atoms with Gasteiger partial charge in [0.25, 0.3) is 0 Å². The Kier molecular flexibility index (Phi) is 2.84. The molecule has 0 aliphatic heterocycles. The SMILES string of the molecule is CC(C)=C[C@@H]1[C@@H](C[N+](C)(C)C)C1(C)C. The van der Waals surface area contributed by atoms with Crippen LogP contribution in [0.25, 0.3) is 0 Å². The van der Waals surface area contributed by atoms with E-state index >= 15 is 0 Å². The van der Waals surface area contributed by atoms with Crippen molar-refractivity contribution in [2.75, 3.05) is 27.7 Å². The van der Waals surface area contributed by atoms with E-state index in [4.69, 9.17) is 0 Å². The molecule has 14 heavy (non-hydrogen) atoms. The van der Waals surface area contributed by atoms with Gasteiger partial charge >= 0.3 is 0 Å². The zero-order valence-corrected chi connectivity index (χ0v) is 10.9. The highest BCUT2D eigenvalue weighted by Crippen LogP contribution is 2.59. The highest BCUT2D eigenvalue weighted by molar-refractivity contribution is 5.16. The lowest BCUT2D eigenvalue weighted by Crippen LogP contribution is -2.37. The summed E-state index contributed by atoms with van der Waals surface area (Å²) in [6.07, 6.45) is 2.46. The minimum Gasteiger partial charge on any atom is -0.331 e. The first-order chi connectivity index (χ1) is 6.14. The Labute approximate surface area is 89.4 Å². The summed E-state index contributed by atoms with van der Waals surface area (Å²) >= 11 is 0. The van der Waals surface area contributed by atoms with Crippen LogP contribution in [0.4, 0.5) is 0 Å². The molecule has 0 radical (unpaired) electrons. The van der Waals surface area contributed by atoms with Crippen LogP contribution in [0.3, 0.4) is 0 Å². The normalized spacial score (nSPS) is 29.9. The summed E-state index contributed by atoms with van der Waals surface area (Å²) < 4.78 is 1.08. The molecule has 82 valence electrons. The second-order valence-electron chi connectivity index (χ2n) is 6.67. The summed E-state index contributed by atoms with van der Waals surface area (Å²) in [5.41, 5.74) is 2.00. The Bertz CT molecular complexity index is 238. The number of allylic oxidation sites excluding steroid dienone is 2. The minimum atomic E-state index is 0.531. The molecule has 0 aromatic rings. The molecule has 0 amide bonds. The monoisotopic (exact) mass is 196 g/mol. The third-order valence-corrected chi connectivity index (χ3v) is 3.40. The molecule has 0 N–H and O–H groups in total. The maximum absolute atomic E-state index is 2.46. The Morgan fingerprint density at radius 3 is 2.07 bits per heavy atom. The van der Waals surface area contributed by atoms with E-state index in [2.05, 4.69) is 54.9 Å². The van der Waals surface area contributed by atoms with Crippen LogP contribution in [-0.2, 0) is 0 Å². The Balaban J connectivity index is 2.63. The Morgan fingerprint density at radius 1 is 1.21 bits per heavy atom. The van der Waals surface area contributed by atoms with Crippen molar-refractivity contribution in [1.82, 2.24) is 0 Å². The van der Waals surface area contributed by atoms with Crippen LogP contribution in [-0.4, -0.2) is 32.2 Å². The fourth-order valence-corrected chi connectivity index (χ4v) is 2.42. The van der Waals surface area contributed by atoms with E-state index in [9.17, 15) is 0 Å². The van der Waals surface area contributed by atoms with Crippen LogP contribution in [0.5, 0.6) is 0 Å². The zero-order chi connectivity index (χ0) is 11.1. The van der Waals surface area contributed by atoms with Gasteiger partial charge in [0.15, 0.2) is 0 Å². The molecule has 1 fully saturated rings. The zero-order valence-electron chi connectivity index (χ0n) is 10.9. The van der Waals surface area contributed by atoms with Crippen LogP contribution in [0, 0.1) is 17.3 Å². The van der Waals surface area contributed by atoms with E-state index in [-0.39, 0.29) is 0 Å². The molecule has 1 aliphatic carbocycles. The molecule has 2 atom stereocenters. The Morgan fingerprint density at radius 2 is 1.71 bits per heavy atom. The average Bonchev–Trinajstić information content (AvgIpc) is 2.34. The fourth-order valence-electron chi connectivity index (χ4n) is 2.42. The molecular formula is C13H26N+. The highest BCUT2D eigenvalue weighted by Gasteiger charge is 2.58. The quantitative estimate of drug-likeness (QED) is 0.481. The summed E-state index contributed by atoms with van der Waals surface area (Å²) in [7, 11) is 6.86.